The van der Waals surface area contributed by atoms with Crippen LogP contribution in [0, 0.1) is 5.92 Å². The van der Waals surface area contributed by atoms with Crippen molar-refractivity contribution in [3.63, 3.8) is 0 Å². The van der Waals surface area contributed by atoms with Crippen molar-refractivity contribution in [2.75, 3.05) is 6.54 Å². The fraction of sp³-hybridized carbons (Fsp3) is 0.500. The Labute approximate surface area is 121 Å². The molecule has 1 aliphatic carbocycles. The number of hydrogen-bond acceptors (Lipinski definition) is 1. The molecule has 3 rings (SSSR count). The smallest absolute Gasteiger partial charge is 0.223 e. The van der Waals surface area contributed by atoms with E-state index >= 15 is 0 Å². The molecule has 1 unspecified atom stereocenters. The van der Waals surface area contributed by atoms with Crippen LogP contribution < -0.4 is 0 Å². The molecule has 1 saturated heterocycles. The lowest BCUT2D eigenvalue weighted by molar-refractivity contribution is -0.132. The first-order chi connectivity index (χ1) is 9.83. The summed E-state index contributed by atoms with van der Waals surface area (Å²) in [4.78, 5) is 14.4. The van der Waals surface area contributed by atoms with E-state index < -0.39 is 0 Å². The lowest BCUT2D eigenvalue weighted by atomic mass is 10.1. The van der Waals surface area contributed by atoms with E-state index in [2.05, 4.69) is 41.3 Å². The monoisotopic (exact) mass is 269 g/mol. The van der Waals surface area contributed by atoms with Crippen LogP contribution in [0.5, 0.6) is 0 Å². The highest BCUT2D eigenvalue weighted by Gasteiger charge is 2.32. The van der Waals surface area contributed by atoms with E-state index in [0.717, 1.165) is 25.8 Å². The van der Waals surface area contributed by atoms with E-state index in [1.807, 2.05) is 6.07 Å². The van der Waals surface area contributed by atoms with E-state index in [4.69, 9.17) is 0 Å². The van der Waals surface area contributed by atoms with Gasteiger partial charge in [0.15, 0.2) is 0 Å². The topological polar surface area (TPSA) is 20.3 Å². The lowest BCUT2D eigenvalue weighted by Gasteiger charge is -2.23. The maximum Gasteiger partial charge on any atom is 0.223 e. The first-order valence-corrected chi connectivity index (χ1v) is 7.84. The molecule has 20 heavy (non-hydrogen) atoms. The maximum atomic E-state index is 12.2. The Kier molecular flexibility index (Phi) is 4.19. The van der Waals surface area contributed by atoms with Gasteiger partial charge < -0.3 is 4.90 Å². The molecule has 2 fully saturated rings. The van der Waals surface area contributed by atoms with Crippen LogP contribution in [-0.2, 0) is 4.79 Å². The summed E-state index contributed by atoms with van der Waals surface area (Å²) >= 11 is 0. The standard InChI is InChI=1S/C18H23NO/c20-18(14-16-11-12-16)19-13-5-10-17(19)9-4-8-15-6-2-1-3-7-15/h1-4,6-8,16-17H,5,9-14H2/b8-4+. The van der Waals surface area contributed by atoms with Crippen molar-refractivity contribution in [1.29, 1.82) is 0 Å². The Morgan fingerprint density at radius 2 is 2.00 bits per heavy atom. The predicted octanol–water partition coefficient (Wildman–Crippen LogP) is 3.88. The number of amides is 1. The molecule has 0 radical (unpaired) electrons. The highest BCUT2D eigenvalue weighted by Crippen LogP contribution is 2.34. The Hall–Kier alpha value is -1.57. The third-order valence-electron chi connectivity index (χ3n) is 4.38. The third-order valence-corrected chi connectivity index (χ3v) is 4.38. The van der Waals surface area contributed by atoms with Crippen LogP contribution in [0.1, 0.15) is 44.1 Å². The fourth-order valence-corrected chi connectivity index (χ4v) is 3.02. The summed E-state index contributed by atoms with van der Waals surface area (Å²) < 4.78 is 0. The summed E-state index contributed by atoms with van der Waals surface area (Å²) in [7, 11) is 0. The summed E-state index contributed by atoms with van der Waals surface area (Å²) in [5.74, 6) is 1.09. The number of carbonyl (C=O) groups is 1. The molecular weight excluding hydrogens is 246 g/mol. The third kappa shape index (κ3) is 3.50. The molecule has 1 atom stereocenters. The molecule has 2 heteroatoms. The Morgan fingerprint density at radius 1 is 1.20 bits per heavy atom. The van der Waals surface area contributed by atoms with Crippen molar-refractivity contribution in [3.8, 4) is 0 Å². The zero-order valence-electron chi connectivity index (χ0n) is 12.0. The van der Waals surface area contributed by atoms with Crippen LogP contribution in [0.15, 0.2) is 36.4 Å². The average Bonchev–Trinajstić information content (AvgIpc) is 3.15. The Morgan fingerprint density at radius 3 is 2.75 bits per heavy atom. The molecule has 0 bridgehead atoms. The summed E-state index contributed by atoms with van der Waals surface area (Å²) in [5, 5.41) is 0. The molecule has 0 N–H and O–H groups in total. The van der Waals surface area contributed by atoms with Gasteiger partial charge in [-0.05, 0) is 43.6 Å². The molecule has 106 valence electrons. The number of hydrogen-bond donors (Lipinski definition) is 0. The summed E-state index contributed by atoms with van der Waals surface area (Å²) in [6, 6.07) is 10.8. The van der Waals surface area contributed by atoms with Crippen LogP contribution in [-0.4, -0.2) is 23.4 Å². The van der Waals surface area contributed by atoms with Gasteiger partial charge in [-0.1, -0.05) is 42.5 Å². The molecular formula is C18H23NO. The van der Waals surface area contributed by atoms with Gasteiger partial charge >= 0.3 is 0 Å². The minimum Gasteiger partial charge on any atom is -0.339 e. The van der Waals surface area contributed by atoms with Gasteiger partial charge in [-0.15, -0.1) is 0 Å². The van der Waals surface area contributed by atoms with Gasteiger partial charge in [-0.25, -0.2) is 0 Å². The first kappa shape index (κ1) is 13.4. The van der Waals surface area contributed by atoms with Gasteiger partial charge in [0, 0.05) is 19.0 Å². The SMILES string of the molecule is O=C(CC1CC1)N1CCCC1C/C=C/c1ccccc1. The van der Waals surface area contributed by atoms with Gasteiger partial charge in [0.25, 0.3) is 0 Å². The van der Waals surface area contributed by atoms with Gasteiger partial charge in [0.05, 0.1) is 0 Å². The summed E-state index contributed by atoms with van der Waals surface area (Å²) in [6.07, 6.45) is 11.0. The second-order valence-corrected chi connectivity index (χ2v) is 6.08. The van der Waals surface area contributed by atoms with Crippen LogP contribution in [0.3, 0.4) is 0 Å². The van der Waals surface area contributed by atoms with E-state index in [1.165, 1.54) is 24.8 Å². The molecule has 0 aromatic heterocycles. The highest BCUT2D eigenvalue weighted by molar-refractivity contribution is 5.77. The Bertz CT molecular complexity index is 475. The van der Waals surface area contributed by atoms with Crippen LogP contribution in [0.2, 0.25) is 0 Å². The van der Waals surface area contributed by atoms with Crippen molar-refractivity contribution in [2.24, 2.45) is 5.92 Å². The van der Waals surface area contributed by atoms with Crippen molar-refractivity contribution >= 4 is 12.0 Å². The van der Waals surface area contributed by atoms with Gasteiger partial charge in [0.2, 0.25) is 5.91 Å². The summed E-state index contributed by atoms with van der Waals surface area (Å²) in [5.41, 5.74) is 1.24. The molecule has 1 saturated carbocycles. The van der Waals surface area contributed by atoms with Crippen LogP contribution in [0.25, 0.3) is 6.08 Å². The molecule has 2 nitrogen and oxygen atoms in total. The van der Waals surface area contributed by atoms with E-state index in [1.54, 1.807) is 0 Å². The number of benzene rings is 1. The van der Waals surface area contributed by atoms with Crippen LogP contribution in [0.4, 0.5) is 0 Å². The largest absolute Gasteiger partial charge is 0.339 e. The van der Waals surface area contributed by atoms with Gasteiger partial charge in [-0.2, -0.15) is 0 Å². The number of carbonyl (C=O) groups excluding carboxylic acids is 1. The van der Waals surface area contributed by atoms with Crippen molar-refractivity contribution < 1.29 is 4.79 Å². The minimum atomic E-state index is 0.392. The van der Waals surface area contributed by atoms with E-state index in [-0.39, 0.29) is 0 Å². The maximum absolute atomic E-state index is 12.2. The molecule has 1 heterocycles. The van der Waals surface area contributed by atoms with Crippen molar-refractivity contribution in [3.05, 3.63) is 42.0 Å². The second-order valence-electron chi connectivity index (χ2n) is 6.08. The van der Waals surface area contributed by atoms with Crippen molar-refractivity contribution in [2.45, 2.75) is 44.6 Å². The van der Waals surface area contributed by atoms with Gasteiger partial charge in [0.1, 0.15) is 0 Å². The summed E-state index contributed by atoms with van der Waals surface area (Å²) in [6.45, 7) is 0.968. The predicted molar refractivity (Wildman–Crippen MR) is 82.2 cm³/mol. The number of rotatable bonds is 5. The Balaban J connectivity index is 1.53. The lowest BCUT2D eigenvalue weighted by Crippen LogP contribution is -2.35. The number of likely N-dealkylation sites (tertiary alicyclic amines) is 1. The molecule has 1 aliphatic heterocycles. The fourth-order valence-electron chi connectivity index (χ4n) is 3.02. The van der Waals surface area contributed by atoms with E-state index in [0.29, 0.717) is 17.9 Å². The molecule has 1 aromatic carbocycles. The first-order valence-electron chi connectivity index (χ1n) is 7.84. The van der Waals surface area contributed by atoms with Gasteiger partial charge in [-0.3, -0.25) is 4.79 Å². The number of nitrogens with zero attached hydrogens (tertiary/aromatic N) is 1. The highest BCUT2D eigenvalue weighted by atomic mass is 16.2. The van der Waals surface area contributed by atoms with Crippen molar-refractivity contribution in [1.82, 2.24) is 4.90 Å². The minimum absolute atomic E-state index is 0.392. The molecule has 2 aliphatic rings. The quantitative estimate of drug-likeness (QED) is 0.794. The molecule has 1 aromatic rings. The zero-order chi connectivity index (χ0) is 13.8. The van der Waals surface area contributed by atoms with Crippen LogP contribution >= 0.6 is 0 Å². The van der Waals surface area contributed by atoms with E-state index in [9.17, 15) is 4.79 Å². The second kappa shape index (κ2) is 6.25. The molecule has 0 spiro atoms. The molecule has 1 amide bonds. The zero-order valence-corrected chi connectivity index (χ0v) is 12.0. The normalized spacial score (nSPS) is 22.6. The average molecular weight is 269 g/mol.